The second kappa shape index (κ2) is 10.9. The first-order valence-corrected chi connectivity index (χ1v) is 11.5. The van der Waals surface area contributed by atoms with Crippen molar-refractivity contribution < 1.29 is 19.1 Å². The van der Waals surface area contributed by atoms with Crippen LogP contribution in [0.25, 0.3) is 10.9 Å². The van der Waals surface area contributed by atoms with Gasteiger partial charge in [0.25, 0.3) is 0 Å². The summed E-state index contributed by atoms with van der Waals surface area (Å²) in [5.74, 6) is 1.34. The molecule has 8 heteroatoms. The molecule has 0 radical (unpaired) electrons. The van der Waals surface area contributed by atoms with Gasteiger partial charge in [0.2, 0.25) is 11.8 Å². The number of likely N-dealkylation sites (N-methyl/N-ethyl adjacent to an activating group) is 1. The third-order valence-electron chi connectivity index (χ3n) is 5.21. The Bertz CT molecular complexity index is 1090. The molecular formula is C24H29N3O4S. The quantitative estimate of drug-likeness (QED) is 0.463. The number of anilines is 1. The lowest BCUT2D eigenvalue weighted by Gasteiger charge is -2.19. The summed E-state index contributed by atoms with van der Waals surface area (Å²) in [6.45, 7) is 5.60. The maximum absolute atomic E-state index is 12.6. The Morgan fingerprint density at radius 3 is 2.50 bits per heavy atom. The molecule has 0 aliphatic carbocycles. The molecule has 0 saturated heterocycles. The van der Waals surface area contributed by atoms with Crippen molar-refractivity contribution in [1.82, 2.24) is 9.47 Å². The zero-order chi connectivity index (χ0) is 23.1. The molecule has 3 aromatic rings. The first-order valence-electron chi connectivity index (χ1n) is 10.5. The van der Waals surface area contributed by atoms with E-state index in [2.05, 4.69) is 5.32 Å². The molecule has 32 heavy (non-hydrogen) atoms. The van der Waals surface area contributed by atoms with Crippen LogP contribution < -0.4 is 14.8 Å². The number of thioether (sulfide) groups is 1. The number of aromatic nitrogens is 1. The Morgan fingerprint density at radius 1 is 1.06 bits per heavy atom. The first-order chi connectivity index (χ1) is 15.5. The molecule has 0 spiro atoms. The molecule has 0 bridgehead atoms. The van der Waals surface area contributed by atoms with Crippen LogP contribution in [0.15, 0.2) is 53.6 Å². The monoisotopic (exact) mass is 455 g/mol. The van der Waals surface area contributed by atoms with Crippen molar-refractivity contribution in [1.29, 1.82) is 0 Å². The van der Waals surface area contributed by atoms with E-state index in [1.165, 1.54) is 11.8 Å². The van der Waals surface area contributed by atoms with Gasteiger partial charge in [0, 0.05) is 41.2 Å². The number of nitrogens with zero attached hydrogens (tertiary/aromatic N) is 2. The molecule has 0 aliphatic rings. The van der Waals surface area contributed by atoms with Crippen molar-refractivity contribution in [2.75, 3.05) is 38.4 Å². The highest BCUT2D eigenvalue weighted by Gasteiger charge is 2.16. The highest BCUT2D eigenvalue weighted by Crippen LogP contribution is 2.32. The van der Waals surface area contributed by atoms with Crippen LogP contribution in [0.1, 0.15) is 13.8 Å². The summed E-state index contributed by atoms with van der Waals surface area (Å²) in [7, 11) is 3.13. The molecule has 0 aliphatic heterocycles. The summed E-state index contributed by atoms with van der Waals surface area (Å²) >= 11 is 1.44. The van der Waals surface area contributed by atoms with E-state index in [-0.39, 0.29) is 24.1 Å². The van der Waals surface area contributed by atoms with E-state index in [0.29, 0.717) is 30.3 Å². The van der Waals surface area contributed by atoms with Crippen molar-refractivity contribution in [2.24, 2.45) is 0 Å². The van der Waals surface area contributed by atoms with E-state index < -0.39 is 0 Å². The number of hydrogen-bond acceptors (Lipinski definition) is 5. The van der Waals surface area contributed by atoms with Crippen molar-refractivity contribution in [2.45, 2.75) is 25.3 Å². The van der Waals surface area contributed by atoms with Crippen molar-refractivity contribution in [3.8, 4) is 11.5 Å². The fraction of sp³-hybridized carbons (Fsp3) is 0.333. The Hall–Kier alpha value is -3.13. The molecular weight excluding hydrogens is 426 g/mol. The Labute approximate surface area is 192 Å². The fourth-order valence-corrected chi connectivity index (χ4v) is 4.41. The van der Waals surface area contributed by atoms with Crippen LogP contribution in [-0.4, -0.2) is 54.3 Å². The Balaban J connectivity index is 1.74. The number of para-hydroxylation sites is 1. The normalized spacial score (nSPS) is 10.8. The molecule has 3 rings (SSSR count). The van der Waals surface area contributed by atoms with Gasteiger partial charge in [-0.2, -0.15) is 0 Å². The van der Waals surface area contributed by atoms with Gasteiger partial charge < -0.3 is 24.3 Å². The summed E-state index contributed by atoms with van der Waals surface area (Å²) in [5, 5.41) is 3.92. The van der Waals surface area contributed by atoms with Crippen LogP contribution in [0.4, 0.5) is 5.69 Å². The molecule has 170 valence electrons. The molecule has 2 amide bonds. The predicted molar refractivity (Wildman–Crippen MR) is 129 cm³/mol. The van der Waals surface area contributed by atoms with Crippen LogP contribution in [-0.2, 0) is 16.1 Å². The number of amides is 2. The van der Waals surface area contributed by atoms with E-state index in [4.69, 9.17) is 9.47 Å². The van der Waals surface area contributed by atoms with E-state index in [1.807, 2.05) is 53.8 Å². The fourth-order valence-electron chi connectivity index (χ4n) is 3.52. The predicted octanol–water partition coefficient (Wildman–Crippen LogP) is 4.26. The smallest absolute Gasteiger partial charge is 0.242 e. The number of rotatable bonds is 10. The average Bonchev–Trinajstić information content (AvgIpc) is 3.16. The number of carbonyl (C=O) groups excluding carboxylic acids is 2. The van der Waals surface area contributed by atoms with E-state index in [0.717, 1.165) is 15.8 Å². The van der Waals surface area contributed by atoms with Gasteiger partial charge in [-0.25, -0.2) is 0 Å². The molecule has 2 aromatic carbocycles. The topological polar surface area (TPSA) is 72.8 Å². The van der Waals surface area contributed by atoms with Gasteiger partial charge >= 0.3 is 0 Å². The zero-order valence-electron chi connectivity index (χ0n) is 18.9. The summed E-state index contributed by atoms with van der Waals surface area (Å²) in [4.78, 5) is 28.0. The molecule has 1 aromatic heterocycles. The maximum atomic E-state index is 12.6. The second-order valence-electron chi connectivity index (χ2n) is 7.11. The van der Waals surface area contributed by atoms with Crippen LogP contribution in [0, 0.1) is 0 Å². The van der Waals surface area contributed by atoms with Gasteiger partial charge in [0.05, 0.1) is 25.7 Å². The first kappa shape index (κ1) is 23.5. The number of hydrogen-bond donors (Lipinski definition) is 1. The number of methoxy groups -OCH3 is 2. The Morgan fingerprint density at radius 2 is 1.81 bits per heavy atom. The second-order valence-corrected chi connectivity index (χ2v) is 8.12. The molecule has 7 nitrogen and oxygen atoms in total. The molecule has 1 heterocycles. The van der Waals surface area contributed by atoms with Gasteiger partial charge in [-0.3, -0.25) is 9.59 Å². The Kier molecular flexibility index (Phi) is 8.05. The highest BCUT2D eigenvalue weighted by molar-refractivity contribution is 8.00. The molecule has 0 saturated carbocycles. The maximum Gasteiger partial charge on any atom is 0.242 e. The zero-order valence-corrected chi connectivity index (χ0v) is 19.7. The summed E-state index contributed by atoms with van der Waals surface area (Å²) in [6, 6.07) is 13.2. The third kappa shape index (κ3) is 5.37. The molecule has 1 N–H and O–H groups in total. The summed E-state index contributed by atoms with van der Waals surface area (Å²) in [6.07, 6.45) is 1.95. The minimum Gasteiger partial charge on any atom is -0.497 e. The van der Waals surface area contributed by atoms with Crippen molar-refractivity contribution in [3.63, 3.8) is 0 Å². The van der Waals surface area contributed by atoms with Gasteiger partial charge in [-0.05, 0) is 32.0 Å². The number of nitrogens with one attached hydrogen (secondary N) is 1. The number of ether oxygens (including phenoxy) is 2. The van der Waals surface area contributed by atoms with Crippen LogP contribution >= 0.6 is 11.8 Å². The molecule has 0 fully saturated rings. The number of benzene rings is 2. The van der Waals surface area contributed by atoms with Crippen molar-refractivity contribution in [3.05, 3.63) is 48.7 Å². The van der Waals surface area contributed by atoms with Gasteiger partial charge in [-0.1, -0.05) is 18.2 Å². The number of fused-ring (bicyclic) bond motifs is 1. The summed E-state index contributed by atoms with van der Waals surface area (Å²) in [5.41, 5.74) is 1.54. The highest BCUT2D eigenvalue weighted by atomic mass is 32.2. The minimum absolute atomic E-state index is 0.0789. The van der Waals surface area contributed by atoms with Crippen LogP contribution in [0.5, 0.6) is 11.5 Å². The van der Waals surface area contributed by atoms with Crippen molar-refractivity contribution >= 4 is 40.2 Å². The van der Waals surface area contributed by atoms with Crippen LogP contribution in [0.3, 0.4) is 0 Å². The lowest BCUT2D eigenvalue weighted by Crippen LogP contribution is -2.33. The van der Waals surface area contributed by atoms with Gasteiger partial charge in [0.15, 0.2) is 0 Å². The SMILES string of the molecule is CCN(CC)C(=O)Cn1cc(SCC(=O)Nc2cc(OC)ccc2OC)c2ccccc21. The van der Waals surface area contributed by atoms with E-state index in [1.54, 1.807) is 32.4 Å². The average molecular weight is 456 g/mol. The van der Waals surface area contributed by atoms with Crippen LogP contribution in [0.2, 0.25) is 0 Å². The lowest BCUT2D eigenvalue weighted by molar-refractivity contribution is -0.131. The number of carbonyl (C=O) groups is 2. The van der Waals surface area contributed by atoms with E-state index in [9.17, 15) is 9.59 Å². The van der Waals surface area contributed by atoms with E-state index >= 15 is 0 Å². The molecule has 0 unspecified atom stereocenters. The summed E-state index contributed by atoms with van der Waals surface area (Å²) < 4.78 is 12.5. The van der Waals surface area contributed by atoms with Gasteiger partial charge in [-0.15, -0.1) is 11.8 Å². The standard InChI is InChI=1S/C24H29N3O4S/c1-5-26(6-2)24(29)15-27-14-22(18-9-7-8-10-20(18)27)32-16-23(28)25-19-13-17(30-3)11-12-21(19)31-4/h7-14H,5-6,15-16H2,1-4H3,(H,25,28). The lowest BCUT2D eigenvalue weighted by atomic mass is 10.2. The molecule has 0 atom stereocenters. The van der Waals surface area contributed by atoms with Gasteiger partial charge in [0.1, 0.15) is 18.0 Å². The minimum atomic E-state index is -0.155. The largest absolute Gasteiger partial charge is 0.497 e. The third-order valence-corrected chi connectivity index (χ3v) is 6.26.